The van der Waals surface area contributed by atoms with Gasteiger partial charge in [0.05, 0.1) is 22.6 Å². The molecule has 0 saturated heterocycles. The van der Waals surface area contributed by atoms with Crippen LogP contribution in [-0.4, -0.2) is 9.97 Å². The molecule has 0 fully saturated rings. The van der Waals surface area contributed by atoms with Gasteiger partial charge in [0.2, 0.25) is 0 Å². The van der Waals surface area contributed by atoms with Gasteiger partial charge in [-0.15, -0.1) is 0 Å². The van der Waals surface area contributed by atoms with Crippen LogP contribution in [0, 0.1) is 0 Å². The van der Waals surface area contributed by atoms with Gasteiger partial charge in [-0.3, -0.25) is 4.98 Å². The summed E-state index contributed by atoms with van der Waals surface area (Å²) in [4.78, 5) is 11.6. The number of hydrogen-bond acceptors (Lipinski definition) is 4. The van der Waals surface area contributed by atoms with E-state index in [0.29, 0.717) is 0 Å². The molecule has 0 unspecified atom stereocenters. The number of benzene rings is 4. The number of hydrogen-bond donors (Lipinski definition) is 0. The third-order valence-corrected chi connectivity index (χ3v) is 6.53. The standard InChI is InChI=1S/C32H21N3O/c1-2-9-22(10-3-1)25-20-28(34-27-17-18-33-21-26(25)27)23-11-8-12-24(19-23)35-29-13-4-6-15-31(29)36-32-16-7-5-14-30(32)35/h1-21H. The lowest BCUT2D eigenvalue weighted by Crippen LogP contribution is -2.15. The molecular weight excluding hydrogens is 442 g/mol. The Morgan fingerprint density at radius 1 is 0.611 bits per heavy atom. The van der Waals surface area contributed by atoms with E-state index < -0.39 is 0 Å². The third-order valence-electron chi connectivity index (χ3n) is 6.53. The molecule has 0 radical (unpaired) electrons. The Kier molecular flexibility index (Phi) is 4.74. The fourth-order valence-electron chi connectivity index (χ4n) is 4.86. The van der Waals surface area contributed by atoms with Crippen LogP contribution in [0.15, 0.2) is 128 Å². The van der Waals surface area contributed by atoms with E-state index in [2.05, 4.69) is 76.6 Å². The summed E-state index contributed by atoms with van der Waals surface area (Å²) in [7, 11) is 0. The van der Waals surface area contributed by atoms with Crippen LogP contribution >= 0.6 is 0 Å². The number of para-hydroxylation sites is 4. The number of aromatic nitrogens is 2. The van der Waals surface area contributed by atoms with E-state index in [4.69, 9.17) is 9.72 Å². The van der Waals surface area contributed by atoms with Crippen molar-refractivity contribution >= 4 is 28.0 Å². The monoisotopic (exact) mass is 463 g/mol. The molecule has 0 bridgehead atoms. The molecule has 0 spiro atoms. The molecule has 2 aromatic heterocycles. The normalized spacial score (nSPS) is 12.1. The molecule has 1 aliphatic heterocycles. The highest BCUT2D eigenvalue weighted by Gasteiger charge is 2.25. The molecule has 1 aliphatic rings. The Morgan fingerprint density at radius 3 is 2.08 bits per heavy atom. The van der Waals surface area contributed by atoms with Crippen molar-refractivity contribution < 1.29 is 4.74 Å². The van der Waals surface area contributed by atoms with E-state index in [9.17, 15) is 0 Å². The second-order valence-corrected chi connectivity index (χ2v) is 8.74. The zero-order chi connectivity index (χ0) is 23.9. The SMILES string of the molecule is c1ccc(-c2cc(-c3cccc(N4c5ccccc5Oc5ccccc54)c3)nc3ccncc23)cc1. The van der Waals surface area contributed by atoms with Gasteiger partial charge in [0.1, 0.15) is 0 Å². The molecule has 4 nitrogen and oxygen atoms in total. The Morgan fingerprint density at radius 2 is 1.31 bits per heavy atom. The van der Waals surface area contributed by atoms with Gasteiger partial charge in [0, 0.05) is 29.0 Å². The summed E-state index contributed by atoms with van der Waals surface area (Å²) >= 11 is 0. The first-order valence-corrected chi connectivity index (χ1v) is 11.9. The molecule has 0 saturated carbocycles. The average molecular weight is 464 g/mol. The fraction of sp³-hybridized carbons (Fsp3) is 0. The molecule has 0 amide bonds. The molecular formula is C32H21N3O. The zero-order valence-corrected chi connectivity index (χ0v) is 19.4. The van der Waals surface area contributed by atoms with Crippen LogP contribution in [0.4, 0.5) is 17.1 Å². The summed E-state index contributed by atoms with van der Waals surface area (Å²) < 4.78 is 6.20. The van der Waals surface area contributed by atoms with Gasteiger partial charge in [-0.1, -0.05) is 66.7 Å². The largest absolute Gasteiger partial charge is 0.453 e. The first kappa shape index (κ1) is 20.4. The van der Waals surface area contributed by atoms with Gasteiger partial charge in [-0.2, -0.15) is 0 Å². The smallest absolute Gasteiger partial charge is 0.151 e. The molecule has 4 heteroatoms. The molecule has 0 N–H and O–H groups in total. The Labute approximate surface area is 209 Å². The lowest BCUT2D eigenvalue weighted by molar-refractivity contribution is 0.477. The van der Waals surface area contributed by atoms with Crippen molar-refractivity contribution in [2.75, 3.05) is 4.90 Å². The van der Waals surface area contributed by atoms with E-state index in [-0.39, 0.29) is 0 Å². The quantitative estimate of drug-likeness (QED) is 0.263. The van der Waals surface area contributed by atoms with Crippen molar-refractivity contribution in [2.24, 2.45) is 0 Å². The van der Waals surface area contributed by atoms with Crippen LogP contribution < -0.4 is 9.64 Å². The Balaban J connectivity index is 1.41. The minimum absolute atomic E-state index is 0.837. The summed E-state index contributed by atoms with van der Waals surface area (Å²) in [5, 5.41) is 1.04. The van der Waals surface area contributed by atoms with Gasteiger partial charge < -0.3 is 9.64 Å². The molecule has 36 heavy (non-hydrogen) atoms. The highest BCUT2D eigenvalue weighted by Crippen LogP contribution is 2.50. The minimum Gasteiger partial charge on any atom is -0.453 e. The summed E-state index contributed by atoms with van der Waals surface area (Å²) in [6.45, 7) is 0. The molecule has 0 atom stereocenters. The van der Waals surface area contributed by atoms with Crippen LogP contribution in [0.25, 0.3) is 33.3 Å². The van der Waals surface area contributed by atoms with E-state index in [1.54, 1.807) is 6.20 Å². The first-order chi connectivity index (χ1) is 17.8. The van der Waals surface area contributed by atoms with Crippen LogP contribution in [-0.2, 0) is 0 Å². The molecule has 7 rings (SSSR count). The third kappa shape index (κ3) is 3.39. The number of pyridine rings is 2. The summed E-state index contributed by atoms with van der Waals surface area (Å²) in [5.41, 5.74) is 8.23. The first-order valence-electron chi connectivity index (χ1n) is 11.9. The summed E-state index contributed by atoms with van der Waals surface area (Å²) in [5.74, 6) is 1.67. The summed E-state index contributed by atoms with van der Waals surface area (Å²) in [6.07, 6.45) is 3.69. The number of rotatable bonds is 3. The second-order valence-electron chi connectivity index (χ2n) is 8.74. The van der Waals surface area contributed by atoms with E-state index in [1.807, 2.05) is 54.7 Å². The van der Waals surface area contributed by atoms with Crippen molar-refractivity contribution in [1.29, 1.82) is 0 Å². The van der Waals surface area contributed by atoms with Crippen LogP contribution in [0.3, 0.4) is 0 Å². The molecule has 6 aromatic rings. The maximum absolute atomic E-state index is 6.20. The van der Waals surface area contributed by atoms with Crippen LogP contribution in [0.1, 0.15) is 0 Å². The van der Waals surface area contributed by atoms with Gasteiger partial charge in [0.15, 0.2) is 11.5 Å². The van der Waals surface area contributed by atoms with E-state index >= 15 is 0 Å². The lowest BCUT2D eigenvalue weighted by atomic mass is 9.99. The maximum Gasteiger partial charge on any atom is 0.151 e. The van der Waals surface area contributed by atoms with E-state index in [1.165, 1.54) is 0 Å². The molecule has 0 aliphatic carbocycles. The number of nitrogens with zero attached hydrogens (tertiary/aromatic N) is 3. The Hall–Kier alpha value is -4.96. The Bertz CT molecular complexity index is 1680. The van der Waals surface area contributed by atoms with Crippen molar-refractivity contribution in [3.8, 4) is 33.9 Å². The van der Waals surface area contributed by atoms with Gasteiger partial charge in [0.25, 0.3) is 0 Å². The van der Waals surface area contributed by atoms with Crippen molar-refractivity contribution in [3.63, 3.8) is 0 Å². The van der Waals surface area contributed by atoms with Crippen molar-refractivity contribution in [2.45, 2.75) is 0 Å². The average Bonchev–Trinajstić information content (AvgIpc) is 2.96. The van der Waals surface area contributed by atoms with Gasteiger partial charge in [-0.25, -0.2) is 4.98 Å². The maximum atomic E-state index is 6.20. The highest BCUT2D eigenvalue weighted by molar-refractivity contribution is 5.96. The fourth-order valence-corrected chi connectivity index (χ4v) is 4.86. The predicted molar refractivity (Wildman–Crippen MR) is 145 cm³/mol. The number of anilines is 3. The van der Waals surface area contributed by atoms with Gasteiger partial charge in [-0.05, 0) is 59.7 Å². The van der Waals surface area contributed by atoms with Crippen LogP contribution in [0.2, 0.25) is 0 Å². The molecule has 3 heterocycles. The minimum atomic E-state index is 0.837. The molecule has 4 aromatic carbocycles. The summed E-state index contributed by atoms with van der Waals surface area (Å²) in [6, 6.07) is 39.4. The van der Waals surface area contributed by atoms with E-state index in [0.717, 1.165) is 61.8 Å². The van der Waals surface area contributed by atoms with Gasteiger partial charge >= 0.3 is 0 Å². The van der Waals surface area contributed by atoms with Crippen molar-refractivity contribution in [1.82, 2.24) is 9.97 Å². The number of ether oxygens (including phenoxy) is 1. The number of fused-ring (bicyclic) bond motifs is 3. The lowest BCUT2D eigenvalue weighted by Gasteiger charge is -2.33. The predicted octanol–water partition coefficient (Wildman–Crippen LogP) is 8.54. The highest BCUT2D eigenvalue weighted by atomic mass is 16.5. The van der Waals surface area contributed by atoms with Crippen LogP contribution in [0.5, 0.6) is 11.5 Å². The topological polar surface area (TPSA) is 38.2 Å². The zero-order valence-electron chi connectivity index (χ0n) is 19.4. The second kappa shape index (κ2) is 8.36. The molecule has 170 valence electrons. The van der Waals surface area contributed by atoms with Crippen molar-refractivity contribution in [3.05, 3.63) is 128 Å².